The molecule has 4 atom stereocenters. The van der Waals surface area contributed by atoms with Crippen LogP contribution in [0, 0.1) is 11.8 Å². The van der Waals surface area contributed by atoms with E-state index in [4.69, 9.17) is 0 Å². The maximum Gasteiger partial charge on any atom is 0.227 e. The zero-order chi connectivity index (χ0) is 13.5. The molecule has 1 aliphatic carbocycles. The third kappa shape index (κ3) is 2.40. The summed E-state index contributed by atoms with van der Waals surface area (Å²) in [4.78, 5) is 14.6. The second-order valence-electron chi connectivity index (χ2n) is 6.72. The minimum atomic E-state index is -0.478. The quantitative estimate of drug-likeness (QED) is 0.748. The summed E-state index contributed by atoms with van der Waals surface area (Å²) in [5.41, 5.74) is -0.478. The van der Waals surface area contributed by atoms with E-state index in [9.17, 15) is 9.90 Å². The van der Waals surface area contributed by atoms with Crippen LogP contribution in [-0.2, 0) is 4.79 Å². The van der Waals surface area contributed by atoms with Gasteiger partial charge in [-0.1, -0.05) is 12.8 Å². The van der Waals surface area contributed by atoms with Crippen molar-refractivity contribution in [2.75, 3.05) is 19.6 Å². The first-order chi connectivity index (χ1) is 9.10. The number of fused-ring (bicyclic) bond motifs is 1. The van der Waals surface area contributed by atoms with E-state index >= 15 is 0 Å². The van der Waals surface area contributed by atoms with Gasteiger partial charge in [-0.3, -0.25) is 4.79 Å². The normalized spacial score (nSPS) is 43.1. The first-order valence-electron chi connectivity index (χ1n) is 7.85. The van der Waals surface area contributed by atoms with Gasteiger partial charge in [-0.25, -0.2) is 0 Å². The Bertz CT molecular complexity index is 360. The Hall–Kier alpha value is -0.610. The molecule has 4 nitrogen and oxygen atoms in total. The van der Waals surface area contributed by atoms with E-state index in [2.05, 4.69) is 12.2 Å². The number of hydrogen-bond donors (Lipinski definition) is 2. The molecule has 0 aromatic heterocycles. The standard InChI is InChI=1S/C15H26N2O2/c1-11-13(5-8-16-11)14(18)17-9-7-15(19)6-3-2-4-12(15)10-17/h11-13,16,19H,2-10H2,1H3. The Labute approximate surface area is 115 Å². The van der Waals surface area contributed by atoms with Crippen LogP contribution in [0.3, 0.4) is 0 Å². The van der Waals surface area contributed by atoms with Gasteiger partial charge >= 0.3 is 0 Å². The van der Waals surface area contributed by atoms with Crippen molar-refractivity contribution in [3.05, 3.63) is 0 Å². The van der Waals surface area contributed by atoms with Gasteiger partial charge in [0.1, 0.15) is 0 Å². The van der Waals surface area contributed by atoms with Crippen molar-refractivity contribution in [3.63, 3.8) is 0 Å². The largest absolute Gasteiger partial charge is 0.389 e. The highest BCUT2D eigenvalue weighted by Crippen LogP contribution is 2.40. The topological polar surface area (TPSA) is 52.6 Å². The van der Waals surface area contributed by atoms with Gasteiger partial charge in [0, 0.05) is 25.0 Å². The number of carbonyl (C=O) groups excluding carboxylic acids is 1. The number of nitrogens with zero attached hydrogens (tertiary/aromatic N) is 1. The number of piperidine rings is 1. The number of hydrogen-bond acceptors (Lipinski definition) is 3. The number of rotatable bonds is 1. The third-order valence-electron chi connectivity index (χ3n) is 5.58. The number of nitrogens with one attached hydrogen (secondary N) is 1. The minimum absolute atomic E-state index is 0.148. The van der Waals surface area contributed by atoms with Gasteiger partial charge in [0.2, 0.25) is 5.91 Å². The van der Waals surface area contributed by atoms with E-state index in [0.29, 0.717) is 17.9 Å². The summed E-state index contributed by atoms with van der Waals surface area (Å²) in [7, 11) is 0. The molecule has 2 N–H and O–H groups in total. The third-order valence-corrected chi connectivity index (χ3v) is 5.58. The molecular weight excluding hydrogens is 240 g/mol. The molecule has 2 heterocycles. The lowest BCUT2D eigenvalue weighted by molar-refractivity contribution is -0.147. The SMILES string of the molecule is CC1NCCC1C(=O)N1CCC2(O)CCCCC2C1. The Balaban J connectivity index is 1.65. The minimum Gasteiger partial charge on any atom is -0.389 e. The summed E-state index contributed by atoms with van der Waals surface area (Å²) >= 11 is 0. The fourth-order valence-corrected chi connectivity index (χ4v) is 4.20. The van der Waals surface area contributed by atoms with Gasteiger partial charge in [0.25, 0.3) is 0 Å². The van der Waals surface area contributed by atoms with E-state index in [1.54, 1.807) is 0 Å². The van der Waals surface area contributed by atoms with Crippen LogP contribution in [0.5, 0.6) is 0 Å². The monoisotopic (exact) mass is 266 g/mol. The van der Waals surface area contributed by atoms with Gasteiger partial charge in [-0.05, 0) is 39.2 Å². The molecule has 1 amide bonds. The highest BCUT2D eigenvalue weighted by molar-refractivity contribution is 5.80. The maximum absolute atomic E-state index is 12.6. The number of likely N-dealkylation sites (tertiary alicyclic amines) is 1. The van der Waals surface area contributed by atoms with Crippen LogP contribution in [0.4, 0.5) is 0 Å². The van der Waals surface area contributed by atoms with Crippen molar-refractivity contribution in [1.29, 1.82) is 0 Å². The van der Waals surface area contributed by atoms with Gasteiger partial charge in [-0.15, -0.1) is 0 Å². The Morgan fingerprint density at radius 3 is 2.89 bits per heavy atom. The van der Waals surface area contributed by atoms with Crippen LogP contribution in [-0.4, -0.2) is 47.2 Å². The van der Waals surface area contributed by atoms with E-state index in [1.165, 1.54) is 6.42 Å². The molecular formula is C15H26N2O2. The average molecular weight is 266 g/mol. The molecule has 3 aliphatic rings. The smallest absolute Gasteiger partial charge is 0.227 e. The molecule has 1 saturated carbocycles. The predicted octanol–water partition coefficient (Wildman–Crippen LogP) is 1.14. The molecule has 2 aliphatic heterocycles. The lowest BCUT2D eigenvalue weighted by atomic mass is 9.71. The van der Waals surface area contributed by atoms with Crippen LogP contribution in [0.25, 0.3) is 0 Å². The van der Waals surface area contributed by atoms with Crippen LogP contribution in [0.1, 0.15) is 45.4 Å². The van der Waals surface area contributed by atoms with Crippen LogP contribution < -0.4 is 5.32 Å². The van der Waals surface area contributed by atoms with Gasteiger partial charge < -0.3 is 15.3 Å². The van der Waals surface area contributed by atoms with Crippen molar-refractivity contribution >= 4 is 5.91 Å². The zero-order valence-corrected chi connectivity index (χ0v) is 11.9. The van der Waals surface area contributed by atoms with Crippen molar-refractivity contribution in [1.82, 2.24) is 10.2 Å². The fraction of sp³-hybridized carbons (Fsp3) is 0.933. The number of carbonyl (C=O) groups is 1. The van der Waals surface area contributed by atoms with E-state index in [1.807, 2.05) is 4.90 Å². The lowest BCUT2D eigenvalue weighted by Gasteiger charge is -2.48. The highest BCUT2D eigenvalue weighted by Gasteiger charge is 2.45. The Morgan fingerprint density at radius 1 is 1.32 bits per heavy atom. The molecule has 19 heavy (non-hydrogen) atoms. The van der Waals surface area contributed by atoms with E-state index in [0.717, 1.165) is 51.7 Å². The second-order valence-corrected chi connectivity index (χ2v) is 6.72. The molecule has 0 radical (unpaired) electrons. The molecule has 0 bridgehead atoms. The van der Waals surface area contributed by atoms with Gasteiger partial charge in [0.15, 0.2) is 0 Å². The van der Waals surface area contributed by atoms with Crippen molar-refractivity contribution in [2.24, 2.45) is 11.8 Å². The summed E-state index contributed by atoms with van der Waals surface area (Å²) in [6, 6.07) is 0.305. The van der Waals surface area contributed by atoms with E-state index < -0.39 is 5.60 Å². The van der Waals surface area contributed by atoms with Gasteiger partial charge in [0.05, 0.1) is 11.5 Å². The number of amides is 1. The van der Waals surface area contributed by atoms with Crippen LogP contribution in [0.2, 0.25) is 0 Å². The Kier molecular flexibility index (Phi) is 3.56. The fourth-order valence-electron chi connectivity index (χ4n) is 4.20. The maximum atomic E-state index is 12.6. The summed E-state index contributed by atoms with van der Waals surface area (Å²) in [5, 5.41) is 14.0. The highest BCUT2D eigenvalue weighted by atomic mass is 16.3. The van der Waals surface area contributed by atoms with Gasteiger partial charge in [-0.2, -0.15) is 0 Å². The first-order valence-corrected chi connectivity index (χ1v) is 7.85. The zero-order valence-electron chi connectivity index (χ0n) is 11.9. The molecule has 3 fully saturated rings. The van der Waals surface area contributed by atoms with Crippen LogP contribution in [0.15, 0.2) is 0 Å². The van der Waals surface area contributed by atoms with Crippen molar-refractivity contribution < 1.29 is 9.90 Å². The summed E-state index contributed by atoms with van der Waals surface area (Å²) in [6.07, 6.45) is 6.10. The molecule has 0 spiro atoms. The molecule has 4 heteroatoms. The average Bonchev–Trinajstić information content (AvgIpc) is 2.83. The van der Waals surface area contributed by atoms with Crippen molar-refractivity contribution in [3.8, 4) is 0 Å². The van der Waals surface area contributed by atoms with Crippen LogP contribution >= 0.6 is 0 Å². The first kappa shape index (κ1) is 13.4. The predicted molar refractivity (Wildman–Crippen MR) is 73.7 cm³/mol. The molecule has 2 saturated heterocycles. The summed E-state index contributed by atoms with van der Waals surface area (Å²) in [5.74, 6) is 0.767. The van der Waals surface area contributed by atoms with Crippen molar-refractivity contribution in [2.45, 2.75) is 57.1 Å². The molecule has 4 unspecified atom stereocenters. The molecule has 0 aromatic rings. The molecule has 3 rings (SSSR count). The lowest BCUT2D eigenvalue weighted by Crippen LogP contribution is -2.56. The van der Waals surface area contributed by atoms with E-state index in [-0.39, 0.29) is 5.92 Å². The summed E-state index contributed by atoms with van der Waals surface area (Å²) in [6.45, 7) is 4.59. The molecule has 108 valence electrons. The Morgan fingerprint density at radius 2 is 2.16 bits per heavy atom. The number of aliphatic hydroxyl groups is 1. The molecule has 0 aromatic carbocycles. The summed E-state index contributed by atoms with van der Waals surface area (Å²) < 4.78 is 0. The second kappa shape index (κ2) is 5.06.